The molecule has 0 aliphatic carbocycles. The van der Waals surface area contributed by atoms with Gasteiger partial charge in [0, 0.05) is 22.5 Å². The smallest absolute Gasteiger partial charge is 0.255 e. The molecular formula is C18H15BrN4O2. The molecule has 1 N–H and O–H groups in total. The van der Waals surface area contributed by atoms with Gasteiger partial charge in [0.25, 0.3) is 5.91 Å². The monoisotopic (exact) mass is 398 g/mol. The highest BCUT2D eigenvalue weighted by atomic mass is 79.9. The third-order valence-electron chi connectivity index (χ3n) is 4.10. The fourth-order valence-corrected chi connectivity index (χ4v) is 3.25. The lowest BCUT2D eigenvalue weighted by atomic mass is 10.1. The van der Waals surface area contributed by atoms with Crippen LogP contribution in [0.25, 0.3) is 17.1 Å². The van der Waals surface area contributed by atoms with E-state index in [2.05, 4.69) is 31.3 Å². The number of nitrogens with zero attached hydrogens (tertiary/aromatic N) is 3. The number of aryl methyl sites for hydroxylation is 2. The number of anilines is 1. The van der Waals surface area contributed by atoms with Crippen LogP contribution in [0.3, 0.4) is 0 Å². The predicted octanol–water partition coefficient (Wildman–Crippen LogP) is 3.45. The molecule has 1 aromatic carbocycles. The molecule has 25 heavy (non-hydrogen) atoms. The summed E-state index contributed by atoms with van der Waals surface area (Å²) >= 11 is 3.43. The Balaban J connectivity index is 1.61. The number of nitrogens with one attached hydrogen (secondary N) is 1. The number of hydrogen-bond donors (Lipinski definition) is 1. The second-order valence-corrected chi connectivity index (χ2v) is 6.81. The zero-order valence-electron chi connectivity index (χ0n) is 13.7. The van der Waals surface area contributed by atoms with Gasteiger partial charge in [0.2, 0.25) is 0 Å². The number of ether oxygens (including phenoxy) is 1. The normalized spacial score (nSPS) is 13.2. The van der Waals surface area contributed by atoms with E-state index in [1.165, 1.54) is 0 Å². The molecule has 3 aromatic rings. The maximum atomic E-state index is 12.6. The number of pyridine rings is 1. The highest BCUT2D eigenvalue weighted by Gasteiger charge is 2.18. The van der Waals surface area contributed by atoms with Crippen LogP contribution >= 0.6 is 15.9 Å². The van der Waals surface area contributed by atoms with Crippen LogP contribution < -0.4 is 10.1 Å². The van der Waals surface area contributed by atoms with E-state index in [1.54, 1.807) is 10.9 Å². The third-order valence-corrected chi connectivity index (χ3v) is 4.59. The Kier molecular flexibility index (Phi) is 3.80. The minimum atomic E-state index is -0.201. The van der Waals surface area contributed by atoms with Gasteiger partial charge in [-0.3, -0.25) is 9.48 Å². The van der Waals surface area contributed by atoms with E-state index in [1.807, 2.05) is 44.3 Å². The number of carbonyl (C=O) groups is 1. The highest BCUT2D eigenvalue weighted by molar-refractivity contribution is 9.10. The third kappa shape index (κ3) is 2.91. The number of halogens is 1. The van der Waals surface area contributed by atoms with Crippen LogP contribution in [0.5, 0.6) is 5.75 Å². The Labute approximate surface area is 152 Å². The van der Waals surface area contributed by atoms with Crippen molar-refractivity contribution in [2.75, 3.05) is 11.9 Å². The molecule has 0 fully saturated rings. The summed E-state index contributed by atoms with van der Waals surface area (Å²) < 4.78 is 8.33. The predicted molar refractivity (Wildman–Crippen MR) is 99.5 cm³/mol. The van der Waals surface area contributed by atoms with Gasteiger partial charge in [-0.2, -0.15) is 5.10 Å². The molecule has 7 heteroatoms. The summed E-state index contributed by atoms with van der Waals surface area (Å²) in [6, 6.07) is 7.61. The molecule has 1 aliphatic heterocycles. The first-order chi connectivity index (χ1) is 12.0. The van der Waals surface area contributed by atoms with E-state index in [0.29, 0.717) is 11.3 Å². The number of fused-ring (bicyclic) bond motifs is 2. The molecule has 2 aromatic heterocycles. The summed E-state index contributed by atoms with van der Waals surface area (Å²) in [5.74, 6) is 0.571. The van der Waals surface area contributed by atoms with E-state index in [9.17, 15) is 4.79 Å². The average molecular weight is 399 g/mol. The molecule has 0 saturated heterocycles. The summed E-state index contributed by atoms with van der Waals surface area (Å²) in [6.07, 6.45) is 3.48. The quantitative estimate of drug-likeness (QED) is 0.717. The van der Waals surface area contributed by atoms with Crippen molar-refractivity contribution in [3.63, 3.8) is 0 Å². The van der Waals surface area contributed by atoms with Gasteiger partial charge in [-0.1, -0.05) is 15.9 Å². The van der Waals surface area contributed by atoms with Crippen LogP contribution in [-0.2, 0) is 11.8 Å². The van der Waals surface area contributed by atoms with Crippen LogP contribution in [-0.4, -0.2) is 27.3 Å². The van der Waals surface area contributed by atoms with Crippen LogP contribution in [0.15, 0.2) is 40.5 Å². The molecule has 3 heterocycles. The number of carbonyl (C=O) groups excluding carboxylic acids is 1. The minimum Gasteiger partial charge on any atom is -0.488 e. The zero-order valence-corrected chi connectivity index (χ0v) is 15.3. The summed E-state index contributed by atoms with van der Waals surface area (Å²) in [5.41, 5.74) is 3.74. The topological polar surface area (TPSA) is 69.0 Å². The highest BCUT2D eigenvalue weighted by Crippen LogP contribution is 2.29. The number of aromatic nitrogens is 3. The molecule has 126 valence electrons. The molecule has 0 atom stereocenters. The molecule has 0 saturated carbocycles. The Morgan fingerprint density at radius 1 is 1.36 bits per heavy atom. The first-order valence-electron chi connectivity index (χ1n) is 7.75. The standard InChI is InChI=1S/C18H15BrN4O2/c1-10-15-7-14(8-20-17(15)23(2)22-10)21-18(24)12-5-11-6-13(19)3-4-16(11)25-9-12/h3-8H,9H2,1-2H3,(H,21,24). The average Bonchev–Trinajstić information content (AvgIpc) is 2.88. The summed E-state index contributed by atoms with van der Waals surface area (Å²) in [7, 11) is 1.85. The number of rotatable bonds is 2. The van der Waals surface area contributed by atoms with Crippen molar-refractivity contribution in [1.82, 2.24) is 14.8 Å². The van der Waals surface area contributed by atoms with Crippen molar-refractivity contribution in [2.45, 2.75) is 6.92 Å². The van der Waals surface area contributed by atoms with Crippen LogP contribution in [0.1, 0.15) is 11.3 Å². The number of amides is 1. The summed E-state index contributed by atoms with van der Waals surface area (Å²) in [6.45, 7) is 2.16. The first kappa shape index (κ1) is 15.8. The van der Waals surface area contributed by atoms with E-state index >= 15 is 0 Å². The lowest BCUT2D eigenvalue weighted by molar-refractivity contribution is -0.113. The van der Waals surface area contributed by atoms with Crippen molar-refractivity contribution in [3.8, 4) is 5.75 Å². The number of benzene rings is 1. The summed E-state index contributed by atoms with van der Waals surface area (Å²) in [5, 5.41) is 8.15. The van der Waals surface area contributed by atoms with Gasteiger partial charge in [-0.15, -0.1) is 0 Å². The minimum absolute atomic E-state index is 0.201. The van der Waals surface area contributed by atoms with Gasteiger partial charge < -0.3 is 10.1 Å². The molecule has 0 radical (unpaired) electrons. The fourth-order valence-electron chi connectivity index (χ4n) is 2.87. The van der Waals surface area contributed by atoms with Crippen molar-refractivity contribution in [3.05, 3.63) is 51.8 Å². The summed E-state index contributed by atoms with van der Waals surface area (Å²) in [4.78, 5) is 16.9. The van der Waals surface area contributed by atoms with Gasteiger partial charge in [0.05, 0.1) is 23.2 Å². The Morgan fingerprint density at radius 2 is 2.20 bits per heavy atom. The van der Waals surface area contributed by atoms with Gasteiger partial charge in [0.1, 0.15) is 12.4 Å². The van der Waals surface area contributed by atoms with Crippen molar-refractivity contribution in [2.24, 2.45) is 7.05 Å². The maximum Gasteiger partial charge on any atom is 0.255 e. The molecule has 0 unspecified atom stereocenters. The molecular weight excluding hydrogens is 384 g/mol. The Morgan fingerprint density at radius 3 is 3.04 bits per heavy atom. The Hall–Kier alpha value is -2.67. The fraction of sp³-hybridized carbons (Fsp3) is 0.167. The Bertz CT molecular complexity index is 1040. The lowest BCUT2D eigenvalue weighted by Crippen LogP contribution is -2.21. The molecule has 1 aliphatic rings. The van der Waals surface area contributed by atoms with Crippen LogP contribution in [0.2, 0.25) is 0 Å². The van der Waals surface area contributed by atoms with Gasteiger partial charge in [-0.25, -0.2) is 4.98 Å². The molecule has 6 nitrogen and oxygen atoms in total. The van der Waals surface area contributed by atoms with E-state index in [4.69, 9.17) is 4.74 Å². The molecule has 4 rings (SSSR count). The van der Waals surface area contributed by atoms with Gasteiger partial charge in [-0.05, 0) is 37.3 Å². The van der Waals surface area contributed by atoms with Crippen LogP contribution in [0.4, 0.5) is 5.69 Å². The van der Waals surface area contributed by atoms with Crippen molar-refractivity contribution >= 4 is 44.6 Å². The van der Waals surface area contributed by atoms with E-state index in [0.717, 1.165) is 32.5 Å². The number of hydrogen-bond acceptors (Lipinski definition) is 4. The van der Waals surface area contributed by atoms with Crippen molar-refractivity contribution < 1.29 is 9.53 Å². The van der Waals surface area contributed by atoms with Crippen molar-refractivity contribution in [1.29, 1.82) is 0 Å². The largest absolute Gasteiger partial charge is 0.488 e. The van der Waals surface area contributed by atoms with E-state index < -0.39 is 0 Å². The van der Waals surface area contributed by atoms with Crippen LogP contribution in [0, 0.1) is 6.92 Å². The maximum absolute atomic E-state index is 12.6. The van der Waals surface area contributed by atoms with Gasteiger partial charge >= 0.3 is 0 Å². The van der Waals surface area contributed by atoms with Gasteiger partial charge in [0.15, 0.2) is 5.65 Å². The van der Waals surface area contributed by atoms with E-state index in [-0.39, 0.29) is 12.5 Å². The SMILES string of the molecule is Cc1nn(C)c2ncc(NC(=O)C3=Cc4cc(Br)ccc4OC3)cc12. The second kappa shape index (κ2) is 6.00. The molecule has 1 amide bonds. The first-order valence-corrected chi connectivity index (χ1v) is 8.54. The zero-order chi connectivity index (χ0) is 17.6. The second-order valence-electron chi connectivity index (χ2n) is 5.90. The lowest BCUT2D eigenvalue weighted by Gasteiger charge is -2.17. The molecule has 0 bridgehead atoms. The molecule has 0 spiro atoms.